The number of benzene rings is 2. The largest absolute Gasteiger partial charge is 0.480 e. The summed E-state index contributed by atoms with van der Waals surface area (Å²) in [4.78, 5) is 38.5. The quantitative estimate of drug-likeness (QED) is 0.548. The van der Waals surface area contributed by atoms with Crippen molar-refractivity contribution in [2.45, 2.75) is 6.18 Å². The number of alkyl halides is 3. The number of carboxylic acids is 1. The van der Waals surface area contributed by atoms with Crippen LogP contribution in [0, 0.1) is 0 Å². The fourth-order valence-corrected chi connectivity index (χ4v) is 2.47. The SMILES string of the molecule is O=C(O)CNC(=O)c1ccc(NC(=O)c2coc(-c3ccc(C(F)(F)F)cc3)n2)cc1. The van der Waals surface area contributed by atoms with E-state index < -0.39 is 36.1 Å². The van der Waals surface area contributed by atoms with E-state index in [1.165, 1.54) is 36.4 Å². The fourth-order valence-electron chi connectivity index (χ4n) is 2.47. The Morgan fingerprint density at radius 3 is 2.19 bits per heavy atom. The molecule has 0 spiro atoms. The smallest absolute Gasteiger partial charge is 0.416 e. The number of anilines is 1. The molecule has 0 saturated carbocycles. The fraction of sp³-hybridized carbons (Fsp3) is 0.100. The van der Waals surface area contributed by atoms with Crippen LogP contribution in [0.15, 0.2) is 59.2 Å². The first-order chi connectivity index (χ1) is 14.6. The maximum absolute atomic E-state index is 12.6. The highest BCUT2D eigenvalue weighted by Crippen LogP contribution is 2.30. The standard InChI is InChI=1S/C20H14F3N3O5/c21-20(22,23)13-5-1-12(2-6-13)19-26-15(10-31-19)18(30)25-14-7-3-11(4-8-14)17(29)24-9-16(27)28/h1-8,10H,9H2,(H,24,29)(H,25,30)(H,27,28). The number of oxazole rings is 1. The highest BCUT2D eigenvalue weighted by molar-refractivity contribution is 6.03. The molecule has 2 aromatic carbocycles. The average molecular weight is 433 g/mol. The summed E-state index contributed by atoms with van der Waals surface area (Å²) in [5.74, 6) is -2.42. The zero-order valence-electron chi connectivity index (χ0n) is 15.6. The first-order valence-electron chi connectivity index (χ1n) is 8.68. The second-order valence-corrected chi connectivity index (χ2v) is 6.22. The molecule has 0 bridgehead atoms. The van der Waals surface area contributed by atoms with Gasteiger partial charge >= 0.3 is 12.1 Å². The molecule has 3 rings (SSSR count). The predicted octanol–water partition coefficient (Wildman–Crippen LogP) is 3.43. The molecule has 0 saturated heterocycles. The molecule has 31 heavy (non-hydrogen) atoms. The number of amides is 2. The Balaban J connectivity index is 1.64. The van der Waals surface area contributed by atoms with Gasteiger partial charge in [-0.1, -0.05) is 0 Å². The molecule has 1 aromatic heterocycles. The molecule has 3 aromatic rings. The minimum Gasteiger partial charge on any atom is -0.480 e. The Labute approximate surface area is 172 Å². The second-order valence-electron chi connectivity index (χ2n) is 6.22. The van der Waals surface area contributed by atoms with Crippen molar-refractivity contribution >= 4 is 23.5 Å². The van der Waals surface area contributed by atoms with Gasteiger partial charge in [0.2, 0.25) is 5.89 Å². The summed E-state index contributed by atoms with van der Waals surface area (Å²) < 4.78 is 43.1. The number of hydrogen-bond acceptors (Lipinski definition) is 5. The van der Waals surface area contributed by atoms with Gasteiger partial charge in [0.05, 0.1) is 5.56 Å². The molecule has 0 aliphatic heterocycles. The van der Waals surface area contributed by atoms with Crippen LogP contribution in [0.2, 0.25) is 0 Å². The van der Waals surface area contributed by atoms with E-state index in [4.69, 9.17) is 9.52 Å². The van der Waals surface area contributed by atoms with Crippen molar-refractivity contribution < 1.29 is 37.1 Å². The Kier molecular flexibility index (Phi) is 6.05. The third-order valence-electron chi connectivity index (χ3n) is 4.00. The van der Waals surface area contributed by atoms with E-state index in [9.17, 15) is 27.6 Å². The predicted molar refractivity (Wildman–Crippen MR) is 101 cm³/mol. The number of carbonyl (C=O) groups is 3. The zero-order valence-corrected chi connectivity index (χ0v) is 15.6. The number of carboxylic acid groups (broad SMARTS) is 1. The van der Waals surface area contributed by atoms with E-state index in [1.807, 2.05) is 0 Å². The Hall–Kier alpha value is -4.15. The van der Waals surface area contributed by atoms with Crippen LogP contribution in [-0.2, 0) is 11.0 Å². The molecule has 2 amide bonds. The molecule has 0 aliphatic carbocycles. The van der Waals surface area contributed by atoms with E-state index in [2.05, 4.69) is 15.6 Å². The van der Waals surface area contributed by atoms with Crippen LogP contribution in [-0.4, -0.2) is 34.4 Å². The molecule has 3 N–H and O–H groups in total. The van der Waals surface area contributed by atoms with Gasteiger partial charge in [-0.15, -0.1) is 0 Å². The highest BCUT2D eigenvalue weighted by atomic mass is 19.4. The molecule has 1 heterocycles. The molecule has 0 atom stereocenters. The van der Waals surface area contributed by atoms with Gasteiger partial charge in [-0.2, -0.15) is 13.2 Å². The topological polar surface area (TPSA) is 122 Å². The number of hydrogen-bond donors (Lipinski definition) is 3. The number of aliphatic carboxylic acids is 1. The Morgan fingerprint density at radius 2 is 1.61 bits per heavy atom. The summed E-state index contributed by atoms with van der Waals surface area (Å²) in [5, 5.41) is 13.3. The van der Waals surface area contributed by atoms with Crippen LogP contribution in [0.3, 0.4) is 0 Å². The molecule has 0 fully saturated rings. The molecule has 0 unspecified atom stereocenters. The van der Waals surface area contributed by atoms with Crippen molar-refractivity contribution in [2.24, 2.45) is 0 Å². The van der Waals surface area contributed by atoms with Crippen molar-refractivity contribution in [3.8, 4) is 11.5 Å². The number of nitrogens with zero attached hydrogens (tertiary/aromatic N) is 1. The molecule has 0 aliphatic rings. The van der Waals surface area contributed by atoms with Gasteiger partial charge in [-0.3, -0.25) is 14.4 Å². The van der Waals surface area contributed by atoms with Crippen LogP contribution in [0.1, 0.15) is 26.4 Å². The molecular weight excluding hydrogens is 419 g/mol. The number of nitrogens with one attached hydrogen (secondary N) is 2. The van der Waals surface area contributed by atoms with Crippen LogP contribution >= 0.6 is 0 Å². The third kappa shape index (κ3) is 5.47. The van der Waals surface area contributed by atoms with E-state index in [-0.39, 0.29) is 22.7 Å². The lowest BCUT2D eigenvalue weighted by Crippen LogP contribution is -2.29. The molecular formula is C20H14F3N3O5. The first-order valence-corrected chi connectivity index (χ1v) is 8.68. The highest BCUT2D eigenvalue weighted by Gasteiger charge is 2.30. The minimum absolute atomic E-state index is 0.0238. The van der Waals surface area contributed by atoms with Crippen molar-refractivity contribution in [1.82, 2.24) is 10.3 Å². The molecule has 11 heteroatoms. The van der Waals surface area contributed by atoms with Gasteiger partial charge in [0.15, 0.2) is 5.69 Å². The van der Waals surface area contributed by atoms with Crippen molar-refractivity contribution in [2.75, 3.05) is 11.9 Å². The second kappa shape index (κ2) is 8.69. The summed E-state index contributed by atoms with van der Waals surface area (Å²) in [5.41, 5.74) is -0.119. The summed E-state index contributed by atoms with van der Waals surface area (Å²) >= 11 is 0. The van der Waals surface area contributed by atoms with Crippen LogP contribution in [0.5, 0.6) is 0 Å². The zero-order chi connectivity index (χ0) is 22.6. The monoisotopic (exact) mass is 433 g/mol. The van der Waals surface area contributed by atoms with Gasteiger partial charge in [-0.05, 0) is 48.5 Å². The number of halogens is 3. The van der Waals surface area contributed by atoms with Gasteiger partial charge in [0, 0.05) is 16.8 Å². The van der Waals surface area contributed by atoms with Crippen LogP contribution < -0.4 is 10.6 Å². The van der Waals surface area contributed by atoms with Crippen LogP contribution in [0.25, 0.3) is 11.5 Å². The Morgan fingerprint density at radius 1 is 0.968 bits per heavy atom. The number of aromatic nitrogens is 1. The van der Waals surface area contributed by atoms with E-state index in [0.29, 0.717) is 5.69 Å². The van der Waals surface area contributed by atoms with E-state index in [1.54, 1.807) is 0 Å². The summed E-state index contributed by atoms with van der Waals surface area (Å²) in [6.07, 6.45) is -3.40. The maximum atomic E-state index is 12.6. The summed E-state index contributed by atoms with van der Waals surface area (Å²) in [6.45, 7) is -0.523. The molecule has 0 radical (unpaired) electrons. The lowest BCUT2D eigenvalue weighted by Gasteiger charge is -2.06. The summed E-state index contributed by atoms with van der Waals surface area (Å²) in [7, 11) is 0. The van der Waals surface area contributed by atoms with Crippen molar-refractivity contribution in [3.63, 3.8) is 0 Å². The number of rotatable bonds is 6. The minimum atomic E-state index is -4.47. The Bertz CT molecular complexity index is 1110. The molecule has 8 nitrogen and oxygen atoms in total. The lowest BCUT2D eigenvalue weighted by atomic mass is 10.1. The first kappa shape index (κ1) is 21.6. The lowest BCUT2D eigenvalue weighted by molar-refractivity contribution is -0.138. The van der Waals surface area contributed by atoms with E-state index >= 15 is 0 Å². The van der Waals surface area contributed by atoms with Gasteiger partial charge in [0.25, 0.3) is 11.8 Å². The van der Waals surface area contributed by atoms with Crippen molar-refractivity contribution in [1.29, 1.82) is 0 Å². The number of carbonyl (C=O) groups excluding carboxylic acids is 2. The van der Waals surface area contributed by atoms with Gasteiger partial charge in [-0.25, -0.2) is 4.98 Å². The summed E-state index contributed by atoms with van der Waals surface area (Å²) in [6, 6.07) is 9.79. The van der Waals surface area contributed by atoms with Crippen molar-refractivity contribution in [3.05, 3.63) is 71.6 Å². The van der Waals surface area contributed by atoms with Gasteiger partial charge in [0.1, 0.15) is 12.8 Å². The molecule has 160 valence electrons. The average Bonchev–Trinajstić information content (AvgIpc) is 3.22. The third-order valence-corrected chi connectivity index (χ3v) is 4.00. The van der Waals surface area contributed by atoms with E-state index in [0.717, 1.165) is 18.4 Å². The maximum Gasteiger partial charge on any atom is 0.416 e. The van der Waals surface area contributed by atoms with Gasteiger partial charge < -0.3 is 20.2 Å². The normalized spacial score (nSPS) is 11.1. The van der Waals surface area contributed by atoms with Crippen LogP contribution in [0.4, 0.5) is 18.9 Å².